The van der Waals surface area contributed by atoms with Gasteiger partial charge in [0.15, 0.2) is 11.0 Å². The van der Waals surface area contributed by atoms with Gasteiger partial charge in [-0.25, -0.2) is 4.57 Å². The molecule has 9 heteroatoms. The molecule has 156 valence electrons. The Morgan fingerprint density at radius 2 is 1.84 bits per heavy atom. The number of para-hydroxylation sites is 1. The summed E-state index contributed by atoms with van der Waals surface area (Å²) in [6, 6.07) is 15.3. The second kappa shape index (κ2) is 7.66. The SMILES string of the molecule is Cc1ccc(-n2c(=O)c3ccccc3n3c(SCc4noc(C(C)C)n4)nnc23)cc1. The molecular weight excluding hydrogens is 412 g/mol. The fraction of sp³-hybridized carbons (Fsp3) is 0.227. The van der Waals surface area contributed by atoms with E-state index in [1.807, 2.05) is 73.7 Å². The van der Waals surface area contributed by atoms with E-state index < -0.39 is 0 Å². The molecule has 5 aromatic rings. The number of rotatable bonds is 5. The number of hydrogen-bond donors (Lipinski definition) is 0. The molecule has 0 atom stereocenters. The van der Waals surface area contributed by atoms with Crippen LogP contribution in [-0.2, 0) is 5.75 Å². The molecule has 0 bridgehead atoms. The third kappa shape index (κ3) is 3.40. The van der Waals surface area contributed by atoms with Crippen LogP contribution < -0.4 is 5.56 Å². The molecule has 8 nitrogen and oxygen atoms in total. The summed E-state index contributed by atoms with van der Waals surface area (Å²) in [6.07, 6.45) is 0. The Balaban J connectivity index is 1.65. The predicted octanol–water partition coefficient (Wildman–Crippen LogP) is 4.14. The van der Waals surface area contributed by atoms with Gasteiger partial charge in [0.2, 0.25) is 11.7 Å². The van der Waals surface area contributed by atoms with Gasteiger partial charge in [0.05, 0.1) is 22.3 Å². The van der Waals surface area contributed by atoms with Crippen molar-refractivity contribution in [1.29, 1.82) is 0 Å². The Kier molecular flexibility index (Phi) is 4.82. The van der Waals surface area contributed by atoms with Crippen LogP contribution in [0, 0.1) is 6.92 Å². The first-order valence-electron chi connectivity index (χ1n) is 9.94. The zero-order valence-electron chi connectivity index (χ0n) is 17.3. The number of nitrogens with zero attached hydrogens (tertiary/aromatic N) is 6. The molecule has 0 N–H and O–H groups in total. The number of benzene rings is 2. The van der Waals surface area contributed by atoms with E-state index >= 15 is 0 Å². The minimum Gasteiger partial charge on any atom is -0.339 e. The summed E-state index contributed by atoms with van der Waals surface area (Å²) in [4.78, 5) is 17.8. The van der Waals surface area contributed by atoms with E-state index in [-0.39, 0.29) is 11.5 Å². The minimum absolute atomic E-state index is 0.129. The van der Waals surface area contributed by atoms with Gasteiger partial charge in [-0.2, -0.15) is 4.98 Å². The summed E-state index contributed by atoms with van der Waals surface area (Å²) in [5, 5.41) is 14.0. The topological polar surface area (TPSA) is 91.1 Å². The minimum atomic E-state index is -0.129. The second-order valence-electron chi connectivity index (χ2n) is 7.60. The smallest absolute Gasteiger partial charge is 0.267 e. The maximum atomic E-state index is 13.3. The van der Waals surface area contributed by atoms with Crippen LogP contribution in [0.5, 0.6) is 0 Å². The van der Waals surface area contributed by atoms with Gasteiger partial charge in [-0.3, -0.25) is 9.20 Å². The van der Waals surface area contributed by atoms with Crippen LogP contribution >= 0.6 is 11.8 Å². The first-order chi connectivity index (χ1) is 15.0. The Bertz CT molecular complexity index is 1450. The number of aromatic nitrogens is 6. The average Bonchev–Trinajstić information content (AvgIpc) is 3.41. The summed E-state index contributed by atoms with van der Waals surface area (Å²) >= 11 is 1.45. The lowest BCUT2D eigenvalue weighted by Gasteiger charge is -2.11. The standard InChI is InChI=1S/C22H20N6O2S/c1-13(2)19-23-18(26-30-19)12-31-22-25-24-21-27(15-10-8-14(3)9-11-15)20(29)16-6-4-5-7-17(16)28(21)22/h4-11,13H,12H2,1-3H3. The van der Waals surface area contributed by atoms with Crippen molar-refractivity contribution in [3.05, 3.63) is 76.2 Å². The third-order valence-electron chi connectivity index (χ3n) is 4.99. The van der Waals surface area contributed by atoms with E-state index in [2.05, 4.69) is 20.3 Å². The molecule has 0 amide bonds. The van der Waals surface area contributed by atoms with Gasteiger partial charge >= 0.3 is 0 Å². The maximum Gasteiger partial charge on any atom is 0.267 e. The second-order valence-corrected chi connectivity index (χ2v) is 8.55. The van der Waals surface area contributed by atoms with E-state index in [1.54, 1.807) is 4.57 Å². The monoisotopic (exact) mass is 432 g/mol. The molecule has 3 heterocycles. The lowest BCUT2D eigenvalue weighted by Crippen LogP contribution is -2.21. The van der Waals surface area contributed by atoms with E-state index in [4.69, 9.17) is 4.52 Å². The van der Waals surface area contributed by atoms with Gasteiger partial charge in [-0.1, -0.05) is 60.6 Å². The van der Waals surface area contributed by atoms with Crippen LogP contribution in [0.25, 0.3) is 22.4 Å². The number of thioether (sulfide) groups is 1. The number of fused-ring (bicyclic) bond motifs is 3. The Hall–Kier alpha value is -3.46. The Morgan fingerprint density at radius 1 is 1.06 bits per heavy atom. The van der Waals surface area contributed by atoms with Gasteiger partial charge in [0.1, 0.15) is 0 Å². The predicted molar refractivity (Wildman–Crippen MR) is 119 cm³/mol. The number of hydrogen-bond acceptors (Lipinski definition) is 7. The zero-order valence-corrected chi connectivity index (χ0v) is 18.1. The first-order valence-corrected chi connectivity index (χ1v) is 10.9. The van der Waals surface area contributed by atoms with Crippen molar-refractivity contribution in [1.82, 2.24) is 29.3 Å². The van der Waals surface area contributed by atoms with Gasteiger partial charge in [0.25, 0.3) is 5.56 Å². The van der Waals surface area contributed by atoms with Crippen LogP contribution in [0.4, 0.5) is 0 Å². The summed E-state index contributed by atoms with van der Waals surface area (Å²) < 4.78 is 8.80. The fourth-order valence-electron chi connectivity index (χ4n) is 3.39. The molecule has 0 fully saturated rings. The zero-order chi connectivity index (χ0) is 21.5. The van der Waals surface area contributed by atoms with E-state index in [1.165, 1.54) is 11.8 Å². The van der Waals surface area contributed by atoms with Gasteiger partial charge < -0.3 is 4.52 Å². The van der Waals surface area contributed by atoms with Crippen LogP contribution in [0.2, 0.25) is 0 Å². The van der Waals surface area contributed by atoms with E-state index in [0.717, 1.165) is 16.8 Å². The van der Waals surface area contributed by atoms with Gasteiger partial charge in [-0.05, 0) is 31.2 Å². The molecule has 0 aliphatic heterocycles. The molecule has 0 aliphatic rings. The summed E-state index contributed by atoms with van der Waals surface area (Å²) in [5.74, 6) is 2.33. The van der Waals surface area contributed by atoms with Crippen molar-refractivity contribution in [3.63, 3.8) is 0 Å². The fourth-order valence-corrected chi connectivity index (χ4v) is 4.17. The van der Waals surface area contributed by atoms with Crippen LogP contribution in [0.3, 0.4) is 0 Å². The Morgan fingerprint density at radius 3 is 2.58 bits per heavy atom. The molecule has 0 spiro atoms. The third-order valence-corrected chi connectivity index (χ3v) is 5.92. The molecule has 5 rings (SSSR count). The molecule has 2 aromatic carbocycles. The summed E-state index contributed by atoms with van der Waals surface area (Å²) in [6.45, 7) is 6.02. The molecular formula is C22H20N6O2S. The molecule has 0 radical (unpaired) electrons. The number of aryl methyl sites for hydroxylation is 1. The van der Waals surface area contributed by atoms with E-state index in [0.29, 0.717) is 33.8 Å². The van der Waals surface area contributed by atoms with Crippen molar-refractivity contribution in [3.8, 4) is 5.69 Å². The van der Waals surface area contributed by atoms with Crippen molar-refractivity contribution in [2.75, 3.05) is 0 Å². The van der Waals surface area contributed by atoms with Gasteiger partial charge in [0, 0.05) is 5.92 Å². The molecule has 0 aliphatic carbocycles. The molecule has 0 saturated carbocycles. The lowest BCUT2D eigenvalue weighted by molar-refractivity contribution is 0.362. The summed E-state index contributed by atoms with van der Waals surface area (Å²) in [5.41, 5.74) is 2.49. The van der Waals surface area contributed by atoms with Crippen molar-refractivity contribution in [2.45, 2.75) is 37.6 Å². The first kappa shape index (κ1) is 19.5. The van der Waals surface area contributed by atoms with Crippen molar-refractivity contribution in [2.24, 2.45) is 0 Å². The quantitative estimate of drug-likeness (QED) is 0.386. The highest BCUT2D eigenvalue weighted by Crippen LogP contribution is 2.25. The molecule has 0 saturated heterocycles. The van der Waals surface area contributed by atoms with Crippen molar-refractivity contribution >= 4 is 28.4 Å². The highest BCUT2D eigenvalue weighted by atomic mass is 32.2. The van der Waals surface area contributed by atoms with Crippen molar-refractivity contribution < 1.29 is 4.52 Å². The summed E-state index contributed by atoms with van der Waals surface area (Å²) in [7, 11) is 0. The van der Waals surface area contributed by atoms with Crippen LogP contribution in [0.15, 0.2) is 63.0 Å². The molecule has 0 unspecified atom stereocenters. The highest BCUT2D eigenvalue weighted by Gasteiger charge is 2.19. The lowest BCUT2D eigenvalue weighted by atomic mass is 10.2. The van der Waals surface area contributed by atoms with E-state index in [9.17, 15) is 4.79 Å². The van der Waals surface area contributed by atoms with Gasteiger partial charge in [-0.15, -0.1) is 10.2 Å². The largest absolute Gasteiger partial charge is 0.339 e. The average molecular weight is 433 g/mol. The van der Waals surface area contributed by atoms with Crippen LogP contribution in [0.1, 0.15) is 37.0 Å². The normalized spacial score (nSPS) is 11.7. The maximum absolute atomic E-state index is 13.3. The molecule has 3 aromatic heterocycles. The van der Waals surface area contributed by atoms with Crippen LogP contribution in [-0.4, -0.2) is 29.3 Å². The highest BCUT2D eigenvalue weighted by molar-refractivity contribution is 7.98. The molecule has 31 heavy (non-hydrogen) atoms. The Labute approximate surface area is 181 Å².